The summed E-state index contributed by atoms with van der Waals surface area (Å²) < 4.78 is 6.00. The first kappa shape index (κ1) is 16.6. The van der Waals surface area contributed by atoms with Crippen molar-refractivity contribution < 1.29 is 9.53 Å². The van der Waals surface area contributed by atoms with Crippen LogP contribution in [0.5, 0.6) is 5.75 Å². The normalized spacial score (nSPS) is 18.8. The Labute approximate surface area is 138 Å². The highest BCUT2D eigenvalue weighted by Crippen LogP contribution is 2.32. The average Bonchev–Trinajstić information content (AvgIpc) is 2.91. The van der Waals surface area contributed by atoms with Gasteiger partial charge in [0.2, 0.25) is 0 Å². The second kappa shape index (κ2) is 7.47. The van der Waals surface area contributed by atoms with Crippen molar-refractivity contribution in [2.45, 2.75) is 25.8 Å². The van der Waals surface area contributed by atoms with E-state index in [9.17, 15) is 4.79 Å². The summed E-state index contributed by atoms with van der Waals surface area (Å²) >= 11 is 9.46. The van der Waals surface area contributed by atoms with E-state index in [-0.39, 0.29) is 5.91 Å². The van der Waals surface area contributed by atoms with Crippen molar-refractivity contribution >= 4 is 33.4 Å². The first-order chi connectivity index (χ1) is 10.1. The molecule has 0 bridgehead atoms. The molecule has 1 unspecified atom stereocenters. The summed E-state index contributed by atoms with van der Waals surface area (Å²) in [5.74, 6) is 0.258. The molecule has 4 nitrogen and oxygen atoms in total. The van der Waals surface area contributed by atoms with E-state index < -0.39 is 0 Å². The van der Waals surface area contributed by atoms with Crippen LogP contribution in [0.2, 0.25) is 5.02 Å². The molecular formula is C15H20BrClN2O2. The molecule has 6 heteroatoms. The molecule has 1 N–H and O–H groups in total. The number of nitrogens with one attached hydrogen (secondary N) is 1. The minimum Gasteiger partial charge on any atom is -0.494 e. The van der Waals surface area contributed by atoms with Crippen LogP contribution in [-0.4, -0.2) is 43.6 Å². The van der Waals surface area contributed by atoms with E-state index in [2.05, 4.69) is 33.1 Å². The van der Waals surface area contributed by atoms with Gasteiger partial charge in [-0.15, -0.1) is 0 Å². The summed E-state index contributed by atoms with van der Waals surface area (Å²) in [4.78, 5) is 14.8. The number of nitrogens with zero attached hydrogens (tertiary/aromatic N) is 1. The van der Waals surface area contributed by atoms with Gasteiger partial charge in [0.15, 0.2) is 0 Å². The molecule has 1 aromatic carbocycles. The zero-order valence-electron chi connectivity index (χ0n) is 12.3. The fourth-order valence-electron chi connectivity index (χ4n) is 2.78. The number of amides is 1. The van der Waals surface area contributed by atoms with Gasteiger partial charge in [-0.25, -0.2) is 0 Å². The van der Waals surface area contributed by atoms with Gasteiger partial charge < -0.3 is 10.1 Å². The van der Waals surface area contributed by atoms with Crippen LogP contribution < -0.4 is 10.1 Å². The highest BCUT2D eigenvalue weighted by molar-refractivity contribution is 9.10. The molecule has 0 aromatic heterocycles. The van der Waals surface area contributed by atoms with Crippen LogP contribution in [0.4, 0.5) is 0 Å². The number of benzene rings is 1. The lowest BCUT2D eigenvalue weighted by molar-refractivity contribution is 0.0938. The molecule has 1 amide bonds. The maximum Gasteiger partial charge on any atom is 0.255 e. The SMILES string of the molecule is CCN1CCCC1CNC(=O)c1cc(Br)cc(Cl)c1OC. The molecule has 1 saturated heterocycles. The Kier molecular flexibility index (Phi) is 5.90. The van der Waals surface area contributed by atoms with Gasteiger partial charge in [-0.3, -0.25) is 9.69 Å². The third-order valence-corrected chi connectivity index (χ3v) is 4.60. The lowest BCUT2D eigenvalue weighted by Crippen LogP contribution is -2.40. The van der Waals surface area contributed by atoms with Gasteiger partial charge in [-0.05, 0) is 38.1 Å². The van der Waals surface area contributed by atoms with Crippen LogP contribution in [-0.2, 0) is 0 Å². The summed E-state index contributed by atoms with van der Waals surface area (Å²) in [5.41, 5.74) is 0.456. The standard InChI is InChI=1S/C15H20BrClN2O2/c1-3-19-6-4-5-11(19)9-18-15(20)12-7-10(16)8-13(17)14(12)21-2/h7-8,11H,3-6,9H2,1-2H3,(H,18,20). The van der Waals surface area contributed by atoms with Gasteiger partial charge >= 0.3 is 0 Å². The molecule has 1 fully saturated rings. The van der Waals surface area contributed by atoms with Crippen LogP contribution >= 0.6 is 27.5 Å². The van der Waals surface area contributed by atoms with Crippen molar-refractivity contribution in [3.63, 3.8) is 0 Å². The van der Waals surface area contributed by atoms with Gasteiger partial charge in [0, 0.05) is 17.1 Å². The van der Waals surface area contributed by atoms with Crippen LogP contribution in [0, 0.1) is 0 Å². The number of rotatable bonds is 5. The summed E-state index contributed by atoms with van der Waals surface area (Å²) in [5, 5.41) is 3.42. The Hall–Kier alpha value is -0.780. The molecule has 1 atom stereocenters. The van der Waals surface area contributed by atoms with E-state index in [1.165, 1.54) is 13.5 Å². The minimum atomic E-state index is -0.155. The number of hydrogen-bond acceptors (Lipinski definition) is 3. The second-order valence-electron chi connectivity index (χ2n) is 5.10. The fourth-order valence-corrected chi connectivity index (χ4v) is 3.67. The van der Waals surface area contributed by atoms with Gasteiger partial charge in [0.1, 0.15) is 5.75 Å². The van der Waals surface area contributed by atoms with E-state index in [0.717, 1.165) is 24.0 Å². The van der Waals surface area contributed by atoms with Crippen molar-refractivity contribution in [1.29, 1.82) is 0 Å². The molecule has 1 heterocycles. The van der Waals surface area contributed by atoms with Crippen LogP contribution in [0.15, 0.2) is 16.6 Å². The van der Waals surface area contributed by atoms with Crippen molar-refractivity contribution in [2.24, 2.45) is 0 Å². The monoisotopic (exact) mass is 374 g/mol. The highest BCUT2D eigenvalue weighted by Gasteiger charge is 2.24. The maximum atomic E-state index is 12.4. The van der Waals surface area contributed by atoms with Crippen LogP contribution in [0.3, 0.4) is 0 Å². The predicted octanol–water partition coefficient (Wildman–Crippen LogP) is 3.33. The molecule has 1 aromatic rings. The average molecular weight is 376 g/mol. The summed E-state index contributed by atoms with van der Waals surface area (Å²) in [6, 6.07) is 3.87. The Morgan fingerprint density at radius 3 is 3.00 bits per heavy atom. The summed E-state index contributed by atoms with van der Waals surface area (Å²) in [6.07, 6.45) is 2.32. The largest absolute Gasteiger partial charge is 0.494 e. The van der Waals surface area contributed by atoms with Crippen molar-refractivity contribution in [3.8, 4) is 5.75 Å². The van der Waals surface area contributed by atoms with Crippen LogP contribution in [0.25, 0.3) is 0 Å². The first-order valence-corrected chi connectivity index (χ1v) is 8.29. The zero-order chi connectivity index (χ0) is 15.4. The number of carbonyl (C=O) groups excluding carboxylic acids is 1. The fraction of sp³-hybridized carbons (Fsp3) is 0.533. The molecule has 21 heavy (non-hydrogen) atoms. The molecule has 0 radical (unpaired) electrons. The molecule has 0 aliphatic carbocycles. The Bertz CT molecular complexity index is 525. The zero-order valence-corrected chi connectivity index (χ0v) is 14.6. The first-order valence-electron chi connectivity index (χ1n) is 7.12. The van der Waals surface area contributed by atoms with Gasteiger partial charge in [-0.1, -0.05) is 34.5 Å². The molecule has 116 valence electrons. The Morgan fingerprint density at radius 2 is 2.33 bits per heavy atom. The van der Waals surface area contributed by atoms with E-state index in [4.69, 9.17) is 16.3 Å². The molecule has 1 aliphatic heterocycles. The number of methoxy groups -OCH3 is 1. The lowest BCUT2D eigenvalue weighted by atomic mass is 10.1. The van der Waals surface area contributed by atoms with Crippen molar-refractivity contribution in [3.05, 3.63) is 27.2 Å². The highest BCUT2D eigenvalue weighted by atomic mass is 79.9. The Morgan fingerprint density at radius 1 is 1.57 bits per heavy atom. The van der Waals surface area contributed by atoms with E-state index in [0.29, 0.717) is 28.9 Å². The summed E-state index contributed by atoms with van der Waals surface area (Å²) in [7, 11) is 1.52. The van der Waals surface area contributed by atoms with Crippen molar-refractivity contribution in [1.82, 2.24) is 10.2 Å². The van der Waals surface area contributed by atoms with E-state index in [1.807, 2.05) is 0 Å². The van der Waals surface area contributed by atoms with Gasteiger partial charge in [0.25, 0.3) is 5.91 Å². The van der Waals surface area contributed by atoms with Gasteiger partial charge in [-0.2, -0.15) is 0 Å². The maximum absolute atomic E-state index is 12.4. The molecular weight excluding hydrogens is 356 g/mol. The number of ether oxygens (including phenoxy) is 1. The smallest absolute Gasteiger partial charge is 0.255 e. The molecule has 1 aliphatic rings. The molecule has 0 saturated carbocycles. The number of likely N-dealkylation sites (N-methyl/N-ethyl adjacent to an activating group) is 1. The van der Waals surface area contributed by atoms with E-state index in [1.54, 1.807) is 12.1 Å². The number of halogens is 2. The third kappa shape index (κ3) is 3.90. The quantitative estimate of drug-likeness (QED) is 0.858. The minimum absolute atomic E-state index is 0.155. The lowest BCUT2D eigenvalue weighted by Gasteiger charge is -2.23. The van der Waals surface area contributed by atoms with Crippen molar-refractivity contribution in [2.75, 3.05) is 26.7 Å². The molecule has 0 spiro atoms. The molecule has 2 rings (SSSR count). The number of likely N-dealkylation sites (tertiary alicyclic amines) is 1. The third-order valence-electron chi connectivity index (χ3n) is 3.86. The second-order valence-corrected chi connectivity index (χ2v) is 6.43. The predicted molar refractivity (Wildman–Crippen MR) is 88.3 cm³/mol. The Balaban J connectivity index is 2.07. The number of carbonyl (C=O) groups is 1. The van der Waals surface area contributed by atoms with Crippen LogP contribution in [0.1, 0.15) is 30.1 Å². The van der Waals surface area contributed by atoms with E-state index >= 15 is 0 Å². The number of hydrogen-bond donors (Lipinski definition) is 1. The summed E-state index contributed by atoms with van der Waals surface area (Å²) in [6.45, 7) is 4.94. The van der Waals surface area contributed by atoms with Gasteiger partial charge in [0.05, 0.1) is 17.7 Å². The topological polar surface area (TPSA) is 41.6 Å².